The Morgan fingerprint density at radius 2 is 1.45 bits per heavy atom. The number of nitrogens with one attached hydrogen (secondary N) is 1. The zero-order chi connectivity index (χ0) is 20.6. The topological polar surface area (TPSA) is 85.4 Å². The highest BCUT2D eigenvalue weighted by atomic mass is 16.6. The Hall–Kier alpha value is -2.97. The molecule has 2 aliphatic heterocycles. The number of ether oxygens (including phenoxy) is 1. The maximum Gasteiger partial charge on any atom is 0.409 e. The smallest absolute Gasteiger partial charge is 0.409 e. The summed E-state index contributed by atoms with van der Waals surface area (Å²) >= 11 is 0. The Labute approximate surface area is 171 Å². The zero-order valence-electron chi connectivity index (χ0n) is 16.9. The van der Waals surface area contributed by atoms with Gasteiger partial charge in [-0.05, 0) is 19.1 Å². The quantitative estimate of drug-likeness (QED) is 0.805. The lowest BCUT2D eigenvalue weighted by Crippen LogP contribution is -2.55. The third-order valence-electron chi connectivity index (χ3n) is 5.24. The number of carbonyl (C=O) groups excluding carboxylic acids is 3. The first-order valence-corrected chi connectivity index (χ1v) is 10.1. The molecule has 29 heavy (non-hydrogen) atoms. The molecule has 0 unspecified atom stereocenters. The molecule has 0 aliphatic carbocycles. The summed E-state index contributed by atoms with van der Waals surface area (Å²) < 4.78 is 4.98. The Morgan fingerprint density at radius 3 is 2.07 bits per heavy atom. The van der Waals surface area contributed by atoms with Gasteiger partial charge in [-0.2, -0.15) is 0 Å². The molecule has 2 aliphatic rings. The maximum atomic E-state index is 12.4. The van der Waals surface area contributed by atoms with Crippen molar-refractivity contribution in [3.05, 3.63) is 30.3 Å². The molecule has 1 N–H and O–H groups in total. The van der Waals surface area contributed by atoms with Gasteiger partial charge >= 0.3 is 12.1 Å². The number of nitrogens with zero attached hydrogens (tertiary/aromatic N) is 4. The molecule has 0 saturated carbocycles. The predicted molar refractivity (Wildman–Crippen MR) is 109 cm³/mol. The summed E-state index contributed by atoms with van der Waals surface area (Å²) in [5, 5.41) is 2.73. The fourth-order valence-corrected chi connectivity index (χ4v) is 3.53. The monoisotopic (exact) mass is 403 g/mol. The highest BCUT2D eigenvalue weighted by Gasteiger charge is 2.26. The van der Waals surface area contributed by atoms with E-state index in [2.05, 4.69) is 22.3 Å². The normalized spacial score (nSPS) is 17.1. The zero-order valence-corrected chi connectivity index (χ0v) is 16.9. The van der Waals surface area contributed by atoms with Crippen LogP contribution < -0.4 is 10.2 Å². The predicted octanol–water partition coefficient (Wildman–Crippen LogP) is 0.819. The van der Waals surface area contributed by atoms with E-state index < -0.39 is 0 Å². The molecule has 2 fully saturated rings. The van der Waals surface area contributed by atoms with E-state index in [0.717, 1.165) is 18.8 Å². The van der Waals surface area contributed by atoms with Crippen LogP contribution in [-0.2, 0) is 9.53 Å². The molecule has 9 nitrogen and oxygen atoms in total. The molecule has 1 aromatic rings. The summed E-state index contributed by atoms with van der Waals surface area (Å²) in [4.78, 5) is 43.7. The number of piperazine rings is 2. The van der Waals surface area contributed by atoms with Crippen molar-refractivity contribution in [3.63, 3.8) is 0 Å². The van der Waals surface area contributed by atoms with Gasteiger partial charge in [0.2, 0.25) is 5.91 Å². The number of hydrogen-bond donors (Lipinski definition) is 1. The largest absolute Gasteiger partial charge is 0.450 e. The van der Waals surface area contributed by atoms with Crippen molar-refractivity contribution in [3.8, 4) is 0 Å². The van der Waals surface area contributed by atoms with Gasteiger partial charge in [-0.3, -0.25) is 4.79 Å². The molecule has 0 atom stereocenters. The summed E-state index contributed by atoms with van der Waals surface area (Å²) in [5.41, 5.74) is 1.16. The molecular weight excluding hydrogens is 374 g/mol. The molecule has 0 radical (unpaired) electrons. The second-order valence-corrected chi connectivity index (χ2v) is 7.04. The van der Waals surface area contributed by atoms with Crippen LogP contribution in [0.5, 0.6) is 0 Å². The van der Waals surface area contributed by atoms with E-state index in [1.54, 1.807) is 21.6 Å². The maximum absolute atomic E-state index is 12.4. The number of hydrogen-bond acceptors (Lipinski definition) is 5. The summed E-state index contributed by atoms with van der Waals surface area (Å²) in [7, 11) is 0. The van der Waals surface area contributed by atoms with Gasteiger partial charge in [0.15, 0.2) is 0 Å². The minimum absolute atomic E-state index is 0.0306. The number of para-hydroxylation sites is 1. The van der Waals surface area contributed by atoms with Crippen molar-refractivity contribution < 1.29 is 19.1 Å². The minimum Gasteiger partial charge on any atom is -0.450 e. The van der Waals surface area contributed by atoms with Gasteiger partial charge in [0.1, 0.15) is 0 Å². The fourth-order valence-electron chi connectivity index (χ4n) is 3.53. The lowest BCUT2D eigenvalue weighted by Gasteiger charge is -2.36. The molecule has 0 bridgehead atoms. The van der Waals surface area contributed by atoms with Crippen molar-refractivity contribution >= 4 is 23.7 Å². The van der Waals surface area contributed by atoms with E-state index >= 15 is 0 Å². The average Bonchev–Trinajstić information content (AvgIpc) is 2.78. The van der Waals surface area contributed by atoms with E-state index in [9.17, 15) is 14.4 Å². The number of carbonyl (C=O) groups is 3. The van der Waals surface area contributed by atoms with Crippen LogP contribution in [0.3, 0.4) is 0 Å². The second kappa shape index (κ2) is 9.99. The molecule has 3 rings (SSSR count). The summed E-state index contributed by atoms with van der Waals surface area (Å²) in [6.07, 6.45) is -0.345. The Balaban J connectivity index is 1.37. The molecule has 0 aromatic heterocycles. The van der Waals surface area contributed by atoms with Gasteiger partial charge < -0.3 is 29.7 Å². The Kier molecular flexibility index (Phi) is 7.15. The van der Waals surface area contributed by atoms with E-state index in [1.807, 2.05) is 18.2 Å². The molecule has 158 valence electrons. The third-order valence-corrected chi connectivity index (χ3v) is 5.24. The first-order chi connectivity index (χ1) is 14.1. The lowest BCUT2D eigenvalue weighted by molar-refractivity contribution is -0.131. The van der Waals surface area contributed by atoms with E-state index in [0.29, 0.717) is 45.9 Å². The SMILES string of the molecule is CCOC(=O)N1CCN(C(=O)CNC(=O)N2CCN(c3ccccc3)CC2)CC1. The Bertz CT molecular complexity index is 698. The minimum atomic E-state index is -0.345. The van der Waals surface area contributed by atoms with E-state index in [-0.39, 0.29) is 24.6 Å². The summed E-state index contributed by atoms with van der Waals surface area (Å²) in [5.74, 6) is -0.134. The van der Waals surface area contributed by atoms with Crippen molar-refractivity contribution in [1.82, 2.24) is 20.0 Å². The molecular formula is C20H29N5O4. The van der Waals surface area contributed by atoms with Crippen LogP contribution in [0.4, 0.5) is 15.3 Å². The number of anilines is 1. The van der Waals surface area contributed by atoms with Gasteiger partial charge in [-0.1, -0.05) is 18.2 Å². The summed E-state index contributed by atoms with van der Waals surface area (Å²) in [6, 6.07) is 9.92. The van der Waals surface area contributed by atoms with Crippen molar-refractivity contribution in [2.24, 2.45) is 0 Å². The molecule has 2 saturated heterocycles. The second-order valence-electron chi connectivity index (χ2n) is 7.04. The standard InChI is InChI=1S/C20H29N5O4/c1-2-29-20(28)25-14-10-23(11-15-25)18(26)16-21-19(27)24-12-8-22(9-13-24)17-6-4-3-5-7-17/h3-7H,2,8-16H2,1H3,(H,21,27). The van der Waals surface area contributed by atoms with Crippen LogP contribution >= 0.6 is 0 Å². The third kappa shape index (κ3) is 5.52. The molecule has 2 heterocycles. The van der Waals surface area contributed by atoms with Crippen molar-refractivity contribution in [2.75, 3.05) is 70.4 Å². The van der Waals surface area contributed by atoms with Crippen LogP contribution in [-0.4, -0.2) is 98.2 Å². The number of amides is 4. The summed E-state index contributed by atoms with van der Waals surface area (Å²) in [6.45, 7) is 6.62. The lowest BCUT2D eigenvalue weighted by atomic mass is 10.2. The highest BCUT2D eigenvalue weighted by Crippen LogP contribution is 2.15. The first kappa shape index (κ1) is 20.8. The van der Waals surface area contributed by atoms with Crippen LogP contribution in [0, 0.1) is 0 Å². The molecule has 4 amide bonds. The Morgan fingerprint density at radius 1 is 0.862 bits per heavy atom. The first-order valence-electron chi connectivity index (χ1n) is 10.1. The number of urea groups is 1. The van der Waals surface area contributed by atoms with Crippen LogP contribution in [0.25, 0.3) is 0 Å². The molecule has 9 heteroatoms. The van der Waals surface area contributed by atoms with Crippen LogP contribution in [0.1, 0.15) is 6.92 Å². The van der Waals surface area contributed by atoms with Crippen LogP contribution in [0.15, 0.2) is 30.3 Å². The number of benzene rings is 1. The fraction of sp³-hybridized carbons (Fsp3) is 0.550. The van der Waals surface area contributed by atoms with Crippen LogP contribution in [0.2, 0.25) is 0 Å². The molecule has 1 aromatic carbocycles. The van der Waals surface area contributed by atoms with Gasteiger partial charge in [0.05, 0.1) is 13.2 Å². The van der Waals surface area contributed by atoms with Gasteiger partial charge in [-0.25, -0.2) is 9.59 Å². The van der Waals surface area contributed by atoms with Crippen molar-refractivity contribution in [2.45, 2.75) is 6.92 Å². The van der Waals surface area contributed by atoms with Gasteiger partial charge in [-0.15, -0.1) is 0 Å². The van der Waals surface area contributed by atoms with Gasteiger partial charge in [0, 0.05) is 58.0 Å². The van der Waals surface area contributed by atoms with Gasteiger partial charge in [0.25, 0.3) is 0 Å². The number of rotatable bonds is 4. The van der Waals surface area contributed by atoms with Crippen molar-refractivity contribution in [1.29, 1.82) is 0 Å². The average molecular weight is 403 g/mol. The molecule has 0 spiro atoms. The van der Waals surface area contributed by atoms with E-state index in [4.69, 9.17) is 4.74 Å². The van der Waals surface area contributed by atoms with E-state index in [1.165, 1.54) is 0 Å². The highest BCUT2D eigenvalue weighted by molar-refractivity contribution is 5.84.